The first-order valence-electron chi connectivity index (χ1n) is 7.77. The highest BCUT2D eigenvalue weighted by atomic mass is 16.2. The maximum atomic E-state index is 12.5. The van der Waals surface area contributed by atoms with Crippen molar-refractivity contribution in [1.29, 1.82) is 0 Å². The SMILES string of the molecule is CCCC1NC(=O)CN(C2CCCCC2CC)C1=O. The molecule has 4 heteroatoms. The van der Waals surface area contributed by atoms with Gasteiger partial charge in [0.15, 0.2) is 0 Å². The Morgan fingerprint density at radius 1 is 1.21 bits per heavy atom. The van der Waals surface area contributed by atoms with Gasteiger partial charge in [0.2, 0.25) is 11.8 Å². The molecule has 0 aromatic rings. The van der Waals surface area contributed by atoms with E-state index in [1.54, 1.807) is 0 Å². The minimum atomic E-state index is -0.286. The summed E-state index contributed by atoms with van der Waals surface area (Å²) in [7, 11) is 0. The lowest BCUT2D eigenvalue weighted by Gasteiger charge is -2.43. The van der Waals surface area contributed by atoms with Crippen LogP contribution in [0.3, 0.4) is 0 Å². The van der Waals surface area contributed by atoms with Gasteiger partial charge < -0.3 is 10.2 Å². The van der Waals surface area contributed by atoms with Gasteiger partial charge in [0.25, 0.3) is 0 Å². The molecule has 0 bridgehead atoms. The molecule has 4 nitrogen and oxygen atoms in total. The second kappa shape index (κ2) is 6.40. The van der Waals surface area contributed by atoms with Gasteiger partial charge >= 0.3 is 0 Å². The van der Waals surface area contributed by atoms with E-state index in [9.17, 15) is 9.59 Å². The lowest BCUT2D eigenvalue weighted by atomic mass is 9.81. The van der Waals surface area contributed by atoms with Crippen LogP contribution in [0.15, 0.2) is 0 Å². The number of hydrogen-bond donors (Lipinski definition) is 1. The van der Waals surface area contributed by atoms with E-state index in [4.69, 9.17) is 0 Å². The first-order valence-corrected chi connectivity index (χ1v) is 7.77. The molecule has 2 amide bonds. The van der Waals surface area contributed by atoms with Gasteiger partial charge in [0.05, 0.1) is 6.54 Å². The molecule has 1 aliphatic carbocycles. The second-order valence-electron chi connectivity index (χ2n) is 5.90. The lowest BCUT2D eigenvalue weighted by molar-refractivity contribution is -0.148. The van der Waals surface area contributed by atoms with Crippen molar-refractivity contribution in [2.24, 2.45) is 5.92 Å². The molecule has 19 heavy (non-hydrogen) atoms. The molecule has 2 aliphatic rings. The van der Waals surface area contributed by atoms with E-state index in [1.165, 1.54) is 19.3 Å². The summed E-state index contributed by atoms with van der Waals surface area (Å²) in [6.07, 6.45) is 7.50. The minimum Gasteiger partial charge on any atom is -0.343 e. The highest BCUT2D eigenvalue weighted by Gasteiger charge is 2.39. The van der Waals surface area contributed by atoms with Gasteiger partial charge in [-0.3, -0.25) is 9.59 Å². The Bertz CT molecular complexity index is 343. The van der Waals surface area contributed by atoms with Crippen LogP contribution < -0.4 is 5.32 Å². The fourth-order valence-electron chi connectivity index (χ4n) is 3.57. The third-order valence-electron chi connectivity index (χ3n) is 4.60. The van der Waals surface area contributed by atoms with E-state index in [2.05, 4.69) is 12.2 Å². The Kier molecular flexibility index (Phi) is 4.83. The van der Waals surface area contributed by atoms with E-state index in [1.807, 2.05) is 11.8 Å². The van der Waals surface area contributed by atoms with Crippen molar-refractivity contribution in [3.63, 3.8) is 0 Å². The molecule has 3 atom stereocenters. The predicted octanol–water partition coefficient (Wildman–Crippen LogP) is 2.08. The highest BCUT2D eigenvalue weighted by molar-refractivity contribution is 5.95. The molecule has 0 aromatic heterocycles. The van der Waals surface area contributed by atoms with Crippen molar-refractivity contribution in [3.8, 4) is 0 Å². The van der Waals surface area contributed by atoms with Gasteiger partial charge in [-0.1, -0.05) is 39.5 Å². The van der Waals surface area contributed by atoms with Crippen molar-refractivity contribution in [2.75, 3.05) is 6.54 Å². The largest absolute Gasteiger partial charge is 0.343 e. The van der Waals surface area contributed by atoms with Crippen LogP contribution in [0.2, 0.25) is 0 Å². The zero-order valence-electron chi connectivity index (χ0n) is 12.2. The number of carbonyl (C=O) groups is 2. The molecule has 1 heterocycles. The fourth-order valence-corrected chi connectivity index (χ4v) is 3.57. The summed E-state index contributed by atoms with van der Waals surface area (Å²) < 4.78 is 0. The maximum Gasteiger partial charge on any atom is 0.245 e. The number of rotatable bonds is 4. The zero-order chi connectivity index (χ0) is 13.8. The molecule has 108 valence electrons. The monoisotopic (exact) mass is 266 g/mol. The normalized spacial score (nSPS) is 32.3. The highest BCUT2D eigenvalue weighted by Crippen LogP contribution is 2.31. The summed E-state index contributed by atoms with van der Waals surface area (Å²) in [5.74, 6) is 0.733. The Hall–Kier alpha value is -1.06. The van der Waals surface area contributed by atoms with Crippen LogP contribution in [0.5, 0.6) is 0 Å². The molecule has 0 spiro atoms. The smallest absolute Gasteiger partial charge is 0.245 e. The quantitative estimate of drug-likeness (QED) is 0.847. The van der Waals surface area contributed by atoms with Crippen molar-refractivity contribution in [2.45, 2.75) is 70.9 Å². The van der Waals surface area contributed by atoms with Crippen LogP contribution in [0, 0.1) is 5.92 Å². The average molecular weight is 266 g/mol. The molecule has 3 unspecified atom stereocenters. The number of piperazine rings is 1. The minimum absolute atomic E-state index is 0.0125. The second-order valence-corrected chi connectivity index (χ2v) is 5.90. The number of nitrogens with one attached hydrogen (secondary N) is 1. The molecular weight excluding hydrogens is 240 g/mol. The fraction of sp³-hybridized carbons (Fsp3) is 0.867. The Balaban J connectivity index is 2.11. The van der Waals surface area contributed by atoms with Gasteiger partial charge in [-0.25, -0.2) is 0 Å². The number of nitrogens with zero attached hydrogens (tertiary/aromatic N) is 1. The Morgan fingerprint density at radius 2 is 1.95 bits per heavy atom. The third kappa shape index (κ3) is 3.10. The Labute approximate surface area is 115 Å². The number of hydrogen-bond acceptors (Lipinski definition) is 2. The van der Waals surface area contributed by atoms with Crippen molar-refractivity contribution >= 4 is 11.8 Å². The molecule has 0 aromatic carbocycles. The van der Waals surface area contributed by atoms with Gasteiger partial charge in [-0.15, -0.1) is 0 Å². The van der Waals surface area contributed by atoms with Crippen LogP contribution in [-0.4, -0.2) is 35.3 Å². The summed E-state index contributed by atoms with van der Waals surface area (Å²) >= 11 is 0. The predicted molar refractivity (Wildman–Crippen MR) is 74.6 cm³/mol. The van der Waals surface area contributed by atoms with Crippen LogP contribution >= 0.6 is 0 Å². The molecule has 2 fully saturated rings. The zero-order valence-corrected chi connectivity index (χ0v) is 12.2. The van der Waals surface area contributed by atoms with Crippen molar-refractivity contribution in [1.82, 2.24) is 10.2 Å². The summed E-state index contributed by atoms with van der Waals surface area (Å²) in [6.45, 7) is 4.51. The summed E-state index contributed by atoms with van der Waals surface area (Å²) in [6, 6.07) is 0.00217. The average Bonchev–Trinajstić information content (AvgIpc) is 2.42. The van der Waals surface area contributed by atoms with E-state index >= 15 is 0 Å². The first-order chi connectivity index (χ1) is 9.17. The molecular formula is C15H26N2O2. The molecule has 1 aliphatic heterocycles. The van der Waals surface area contributed by atoms with Crippen molar-refractivity contribution in [3.05, 3.63) is 0 Å². The van der Waals surface area contributed by atoms with Gasteiger partial charge in [0, 0.05) is 6.04 Å². The topological polar surface area (TPSA) is 49.4 Å². The van der Waals surface area contributed by atoms with Crippen molar-refractivity contribution < 1.29 is 9.59 Å². The summed E-state index contributed by atoms with van der Waals surface area (Å²) in [5.41, 5.74) is 0. The van der Waals surface area contributed by atoms with Crippen LogP contribution in [-0.2, 0) is 9.59 Å². The van der Waals surface area contributed by atoms with Crippen LogP contribution in [0.4, 0.5) is 0 Å². The molecule has 1 N–H and O–H groups in total. The third-order valence-corrected chi connectivity index (χ3v) is 4.60. The van der Waals surface area contributed by atoms with E-state index in [-0.39, 0.29) is 30.4 Å². The molecule has 1 saturated carbocycles. The number of amides is 2. The number of carbonyl (C=O) groups excluding carboxylic acids is 2. The van der Waals surface area contributed by atoms with Gasteiger partial charge in [-0.05, 0) is 25.2 Å². The lowest BCUT2D eigenvalue weighted by Crippen LogP contribution is -2.62. The molecule has 2 rings (SSSR count). The summed E-state index contributed by atoms with van der Waals surface area (Å²) in [4.78, 5) is 26.3. The molecule has 0 radical (unpaired) electrons. The van der Waals surface area contributed by atoms with Gasteiger partial charge in [0.1, 0.15) is 6.04 Å². The van der Waals surface area contributed by atoms with Gasteiger partial charge in [-0.2, -0.15) is 0 Å². The summed E-state index contributed by atoms with van der Waals surface area (Å²) in [5, 5.41) is 2.84. The van der Waals surface area contributed by atoms with Crippen LogP contribution in [0.25, 0.3) is 0 Å². The standard InChI is InChI=1S/C15H26N2O2/c1-3-7-12-15(19)17(10-14(18)16-12)13-9-6-5-8-11(13)4-2/h11-13H,3-10H2,1-2H3,(H,16,18). The Morgan fingerprint density at radius 3 is 2.63 bits per heavy atom. The van der Waals surface area contributed by atoms with E-state index in [0.717, 1.165) is 25.7 Å². The van der Waals surface area contributed by atoms with E-state index in [0.29, 0.717) is 5.92 Å². The first kappa shape index (κ1) is 14.4. The van der Waals surface area contributed by atoms with E-state index < -0.39 is 0 Å². The van der Waals surface area contributed by atoms with Crippen LogP contribution in [0.1, 0.15) is 58.8 Å². The maximum absolute atomic E-state index is 12.5. The molecule has 1 saturated heterocycles.